The number of aryl methyl sites for hydroxylation is 1. The van der Waals surface area contributed by atoms with Gasteiger partial charge in [0.15, 0.2) is 11.6 Å². The molecular formula is C30H33NO4. The molecule has 1 fully saturated rings. The lowest BCUT2D eigenvalue weighted by molar-refractivity contribution is 0.0154. The minimum atomic E-state index is -0.535. The summed E-state index contributed by atoms with van der Waals surface area (Å²) in [6.45, 7) is 4.32. The number of Topliss-reactive ketones (excluding diaryl/α,β-unsaturated/α-hetero) is 2. The summed E-state index contributed by atoms with van der Waals surface area (Å²) in [4.78, 5) is 29.8. The van der Waals surface area contributed by atoms with E-state index in [2.05, 4.69) is 6.92 Å². The number of hydrogen-bond acceptors (Lipinski definition) is 5. The monoisotopic (exact) mass is 471 g/mol. The maximum Gasteiger partial charge on any atom is 0.167 e. The molecule has 2 N–H and O–H groups in total. The molecule has 0 amide bonds. The van der Waals surface area contributed by atoms with Crippen molar-refractivity contribution >= 4 is 11.6 Å². The lowest BCUT2D eigenvalue weighted by atomic mass is 9.67. The smallest absolute Gasteiger partial charge is 0.167 e. The van der Waals surface area contributed by atoms with Gasteiger partial charge in [0.2, 0.25) is 0 Å². The summed E-state index contributed by atoms with van der Waals surface area (Å²) in [5.74, 6) is -1.40. The minimum absolute atomic E-state index is 0.0262. The van der Waals surface area contributed by atoms with Crippen LogP contribution in [0.15, 0.2) is 78.9 Å². The summed E-state index contributed by atoms with van der Waals surface area (Å²) in [7, 11) is 0. The Morgan fingerprint density at radius 1 is 0.771 bits per heavy atom. The molecule has 1 heterocycles. The zero-order valence-electron chi connectivity index (χ0n) is 20.3. The number of aliphatic hydroxyl groups excluding tert-OH is 2. The summed E-state index contributed by atoms with van der Waals surface area (Å²) in [6.07, 6.45) is 0. The van der Waals surface area contributed by atoms with Crippen LogP contribution in [-0.4, -0.2) is 59.0 Å². The number of benzene rings is 3. The number of rotatable bonds is 8. The van der Waals surface area contributed by atoms with Crippen LogP contribution in [0.5, 0.6) is 0 Å². The first-order valence-electron chi connectivity index (χ1n) is 12.2. The fraction of sp³-hybridized carbons (Fsp3) is 0.333. The van der Waals surface area contributed by atoms with Crippen LogP contribution in [0.25, 0.3) is 0 Å². The average Bonchev–Trinajstić information content (AvgIpc) is 2.91. The van der Waals surface area contributed by atoms with E-state index < -0.39 is 17.9 Å². The molecule has 4 rings (SSSR count). The summed E-state index contributed by atoms with van der Waals surface area (Å²) >= 11 is 0. The van der Waals surface area contributed by atoms with Crippen molar-refractivity contribution in [3.8, 4) is 0 Å². The maximum absolute atomic E-state index is 14.0. The standard InChI is InChI=1S/C30H33NO4/c1-20-10-9-15-25(21(20)2)28-26(29(34)22-11-5-3-6-12-22)16-31(24(18-32)19-33)17-27(28)30(35)23-13-7-4-8-14-23/h3-15,24,26-28,32-33H,16-19H2,1-2H3. The third-order valence-electron chi connectivity index (χ3n) is 7.46. The van der Waals surface area contributed by atoms with Crippen molar-refractivity contribution in [3.63, 3.8) is 0 Å². The highest BCUT2D eigenvalue weighted by molar-refractivity contribution is 6.02. The van der Waals surface area contributed by atoms with Gasteiger partial charge in [-0.1, -0.05) is 78.9 Å². The number of nitrogens with zero attached hydrogens (tertiary/aromatic N) is 1. The topological polar surface area (TPSA) is 77.8 Å². The minimum Gasteiger partial charge on any atom is -0.395 e. The van der Waals surface area contributed by atoms with E-state index in [1.165, 1.54) is 0 Å². The van der Waals surface area contributed by atoms with Gasteiger partial charge in [0, 0.05) is 42.0 Å². The van der Waals surface area contributed by atoms with Gasteiger partial charge < -0.3 is 10.2 Å². The molecule has 0 aliphatic carbocycles. The van der Waals surface area contributed by atoms with Gasteiger partial charge in [0.25, 0.3) is 0 Å². The molecule has 5 heteroatoms. The van der Waals surface area contributed by atoms with Crippen molar-refractivity contribution in [1.29, 1.82) is 0 Å². The Hall–Kier alpha value is -3.12. The third kappa shape index (κ3) is 5.13. The Bertz CT molecular complexity index is 1100. The summed E-state index contributed by atoms with van der Waals surface area (Å²) in [5.41, 5.74) is 4.42. The number of ketones is 2. The molecule has 0 saturated carbocycles. The lowest BCUT2D eigenvalue weighted by Gasteiger charge is -2.45. The fourth-order valence-electron chi connectivity index (χ4n) is 5.37. The molecule has 5 nitrogen and oxygen atoms in total. The van der Waals surface area contributed by atoms with Crippen molar-refractivity contribution in [2.75, 3.05) is 26.3 Å². The fourth-order valence-corrected chi connectivity index (χ4v) is 5.37. The highest BCUT2D eigenvalue weighted by Gasteiger charge is 2.46. The Labute approximate surface area is 207 Å². The van der Waals surface area contributed by atoms with Gasteiger partial charge in [-0.15, -0.1) is 0 Å². The Morgan fingerprint density at radius 2 is 1.26 bits per heavy atom. The molecular weight excluding hydrogens is 438 g/mol. The van der Waals surface area contributed by atoms with E-state index in [4.69, 9.17) is 0 Å². The second-order valence-electron chi connectivity index (χ2n) is 9.46. The number of likely N-dealkylation sites (tertiary alicyclic amines) is 1. The number of piperidine rings is 1. The normalized spacial score (nSPS) is 20.7. The predicted molar refractivity (Wildman–Crippen MR) is 137 cm³/mol. The van der Waals surface area contributed by atoms with E-state index in [-0.39, 0.29) is 30.7 Å². The SMILES string of the molecule is Cc1cccc(C2C(C(=O)c3ccccc3)CN(C(CO)CO)CC2C(=O)c2ccccc2)c1C. The van der Waals surface area contributed by atoms with Crippen molar-refractivity contribution < 1.29 is 19.8 Å². The van der Waals surface area contributed by atoms with Crippen molar-refractivity contribution in [2.24, 2.45) is 11.8 Å². The molecule has 3 aromatic carbocycles. The first-order valence-corrected chi connectivity index (χ1v) is 12.2. The first-order chi connectivity index (χ1) is 17.0. The van der Waals surface area contributed by atoms with E-state index in [1.807, 2.05) is 90.7 Å². The molecule has 1 saturated heterocycles. The van der Waals surface area contributed by atoms with Gasteiger partial charge in [-0.05, 0) is 30.5 Å². The van der Waals surface area contributed by atoms with Crippen molar-refractivity contribution in [1.82, 2.24) is 4.90 Å². The first kappa shape index (κ1) is 25.0. The van der Waals surface area contributed by atoms with E-state index in [9.17, 15) is 19.8 Å². The molecule has 35 heavy (non-hydrogen) atoms. The summed E-state index contributed by atoms with van der Waals surface area (Å²) < 4.78 is 0. The van der Waals surface area contributed by atoms with Gasteiger partial charge in [0.05, 0.1) is 19.3 Å². The number of aliphatic hydroxyl groups is 2. The molecule has 0 bridgehead atoms. The highest BCUT2D eigenvalue weighted by Crippen LogP contribution is 2.42. The molecule has 0 radical (unpaired) electrons. The van der Waals surface area contributed by atoms with Crippen LogP contribution < -0.4 is 0 Å². The highest BCUT2D eigenvalue weighted by atomic mass is 16.3. The van der Waals surface area contributed by atoms with E-state index in [1.54, 1.807) is 0 Å². The lowest BCUT2D eigenvalue weighted by Crippen LogP contribution is -2.55. The van der Waals surface area contributed by atoms with Crippen LogP contribution in [-0.2, 0) is 0 Å². The zero-order chi connectivity index (χ0) is 24.9. The van der Waals surface area contributed by atoms with Gasteiger partial charge in [-0.3, -0.25) is 14.5 Å². The Kier molecular flexibility index (Phi) is 7.91. The zero-order valence-corrected chi connectivity index (χ0v) is 20.3. The van der Waals surface area contributed by atoms with Gasteiger partial charge in [0.1, 0.15) is 0 Å². The molecule has 2 unspecified atom stereocenters. The molecule has 3 aromatic rings. The van der Waals surface area contributed by atoms with Crippen LogP contribution in [0.3, 0.4) is 0 Å². The second kappa shape index (κ2) is 11.1. The van der Waals surface area contributed by atoms with Crippen LogP contribution in [0.4, 0.5) is 0 Å². The number of hydrogen-bond donors (Lipinski definition) is 2. The molecule has 0 aromatic heterocycles. The predicted octanol–water partition coefficient (Wildman–Crippen LogP) is 4.05. The van der Waals surface area contributed by atoms with E-state index >= 15 is 0 Å². The molecule has 2 atom stereocenters. The van der Waals surface area contributed by atoms with Crippen LogP contribution in [0, 0.1) is 25.7 Å². The number of carbonyl (C=O) groups excluding carboxylic acids is 2. The second-order valence-corrected chi connectivity index (χ2v) is 9.46. The molecule has 0 spiro atoms. The van der Waals surface area contributed by atoms with Crippen LogP contribution in [0.2, 0.25) is 0 Å². The molecule has 1 aliphatic rings. The van der Waals surface area contributed by atoms with Gasteiger partial charge >= 0.3 is 0 Å². The van der Waals surface area contributed by atoms with Gasteiger partial charge in [-0.25, -0.2) is 0 Å². The third-order valence-corrected chi connectivity index (χ3v) is 7.46. The van der Waals surface area contributed by atoms with Crippen molar-refractivity contribution in [3.05, 3.63) is 107 Å². The van der Waals surface area contributed by atoms with E-state index in [0.717, 1.165) is 16.7 Å². The van der Waals surface area contributed by atoms with Crippen LogP contribution >= 0.6 is 0 Å². The Balaban J connectivity index is 1.87. The summed E-state index contributed by atoms with van der Waals surface area (Å²) in [5, 5.41) is 19.9. The quantitative estimate of drug-likeness (QED) is 0.485. The van der Waals surface area contributed by atoms with E-state index in [0.29, 0.717) is 24.2 Å². The van der Waals surface area contributed by atoms with Crippen molar-refractivity contribution in [2.45, 2.75) is 25.8 Å². The molecule has 182 valence electrons. The average molecular weight is 472 g/mol. The largest absolute Gasteiger partial charge is 0.395 e. The van der Waals surface area contributed by atoms with Gasteiger partial charge in [-0.2, -0.15) is 0 Å². The number of carbonyl (C=O) groups is 2. The Morgan fingerprint density at radius 3 is 1.71 bits per heavy atom. The summed E-state index contributed by atoms with van der Waals surface area (Å²) in [6, 6.07) is 23.9. The van der Waals surface area contributed by atoms with Crippen LogP contribution in [0.1, 0.15) is 43.3 Å². The molecule has 1 aliphatic heterocycles. The maximum atomic E-state index is 14.0.